The Morgan fingerprint density at radius 3 is 2.48 bits per heavy atom. The molecule has 1 aromatic carbocycles. The van der Waals surface area contributed by atoms with Crippen LogP contribution in [-0.4, -0.2) is 47.8 Å². The van der Waals surface area contributed by atoms with Crippen molar-refractivity contribution >= 4 is 23.2 Å². The molecular formula is C17H19N3O2S. The van der Waals surface area contributed by atoms with E-state index in [0.29, 0.717) is 24.2 Å². The van der Waals surface area contributed by atoms with E-state index in [9.17, 15) is 9.59 Å². The van der Waals surface area contributed by atoms with E-state index in [1.54, 1.807) is 35.6 Å². The normalized spacial score (nSPS) is 15.6. The molecule has 6 heteroatoms. The van der Waals surface area contributed by atoms with Gasteiger partial charge in [-0.3, -0.25) is 14.5 Å². The topological polar surface area (TPSA) is 66.6 Å². The molecule has 2 N–H and O–H groups in total. The molecule has 1 aliphatic rings. The summed E-state index contributed by atoms with van der Waals surface area (Å²) in [6.45, 7) is 4.05. The number of hydrogen-bond acceptors (Lipinski definition) is 4. The van der Waals surface area contributed by atoms with E-state index in [1.807, 2.05) is 4.90 Å². The molecule has 2 amide bonds. The zero-order valence-electron chi connectivity index (χ0n) is 12.8. The fourth-order valence-corrected chi connectivity index (χ4v) is 3.40. The Morgan fingerprint density at radius 1 is 1.09 bits per heavy atom. The van der Waals surface area contributed by atoms with E-state index >= 15 is 0 Å². The first-order valence-corrected chi connectivity index (χ1v) is 8.50. The molecule has 2 heterocycles. The highest BCUT2D eigenvalue weighted by molar-refractivity contribution is 7.07. The SMILES string of the molecule is NC(=O)c1cccc(C(=O)N2CCN(Cc3ccsc3)CC2)c1. The van der Waals surface area contributed by atoms with E-state index in [1.165, 1.54) is 5.56 Å². The Kier molecular flexibility index (Phi) is 4.73. The molecule has 0 radical (unpaired) electrons. The van der Waals surface area contributed by atoms with Crippen molar-refractivity contribution in [2.45, 2.75) is 6.54 Å². The third-order valence-corrected chi connectivity index (χ3v) is 4.77. The second-order valence-electron chi connectivity index (χ2n) is 5.65. The van der Waals surface area contributed by atoms with Crippen LogP contribution in [0.5, 0.6) is 0 Å². The highest BCUT2D eigenvalue weighted by Crippen LogP contribution is 2.14. The van der Waals surface area contributed by atoms with Crippen LogP contribution >= 0.6 is 11.3 Å². The van der Waals surface area contributed by atoms with Crippen molar-refractivity contribution < 1.29 is 9.59 Å². The van der Waals surface area contributed by atoms with Crippen LogP contribution < -0.4 is 5.73 Å². The zero-order valence-corrected chi connectivity index (χ0v) is 13.6. The number of thiophene rings is 1. The summed E-state index contributed by atoms with van der Waals surface area (Å²) in [6, 6.07) is 8.75. The summed E-state index contributed by atoms with van der Waals surface area (Å²) >= 11 is 1.71. The van der Waals surface area contributed by atoms with Gasteiger partial charge in [0, 0.05) is 43.9 Å². The lowest BCUT2D eigenvalue weighted by molar-refractivity contribution is 0.0628. The minimum absolute atomic E-state index is 0.0386. The monoisotopic (exact) mass is 329 g/mol. The third kappa shape index (κ3) is 3.78. The summed E-state index contributed by atoms with van der Waals surface area (Å²) in [4.78, 5) is 28.0. The van der Waals surface area contributed by atoms with Crippen LogP contribution in [0.15, 0.2) is 41.1 Å². The van der Waals surface area contributed by atoms with Gasteiger partial charge in [-0.05, 0) is 40.6 Å². The Hall–Kier alpha value is -2.18. The van der Waals surface area contributed by atoms with E-state index in [2.05, 4.69) is 21.7 Å². The van der Waals surface area contributed by atoms with E-state index in [4.69, 9.17) is 5.73 Å². The van der Waals surface area contributed by atoms with Crippen molar-refractivity contribution in [3.05, 3.63) is 57.8 Å². The summed E-state index contributed by atoms with van der Waals surface area (Å²) in [5, 5.41) is 4.24. The average molecular weight is 329 g/mol. The molecule has 5 nitrogen and oxygen atoms in total. The third-order valence-electron chi connectivity index (χ3n) is 4.04. The van der Waals surface area contributed by atoms with Crippen molar-refractivity contribution in [3.8, 4) is 0 Å². The molecule has 1 saturated heterocycles. The minimum Gasteiger partial charge on any atom is -0.366 e. The molecule has 0 saturated carbocycles. The van der Waals surface area contributed by atoms with Gasteiger partial charge in [0.25, 0.3) is 5.91 Å². The molecule has 0 unspecified atom stereocenters. The Morgan fingerprint density at radius 2 is 1.83 bits per heavy atom. The smallest absolute Gasteiger partial charge is 0.253 e. The Bertz CT molecular complexity index is 692. The number of carbonyl (C=O) groups is 2. The maximum Gasteiger partial charge on any atom is 0.253 e. The van der Waals surface area contributed by atoms with Crippen molar-refractivity contribution in [2.75, 3.05) is 26.2 Å². The van der Waals surface area contributed by atoms with Crippen molar-refractivity contribution in [1.82, 2.24) is 9.80 Å². The number of benzene rings is 1. The predicted molar refractivity (Wildman–Crippen MR) is 90.5 cm³/mol. The number of amides is 2. The van der Waals surface area contributed by atoms with Gasteiger partial charge in [0.05, 0.1) is 0 Å². The van der Waals surface area contributed by atoms with Gasteiger partial charge in [0.1, 0.15) is 0 Å². The maximum absolute atomic E-state index is 12.6. The van der Waals surface area contributed by atoms with Gasteiger partial charge in [-0.15, -0.1) is 0 Å². The van der Waals surface area contributed by atoms with Crippen molar-refractivity contribution in [2.24, 2.45) is 5.73 Å². The molecule has 120 valence electrons. The molecule has 1 aromatic heterocycles. The van der Waals surface area contributed by atoms with Crippen LogP contribution in [0.3, 0.4) is 0 Å². The van der Waals surface area contributed by atoms with Gasteiger partial charge in [0.15, 0.2) is 0 Å². The fourth-order valence-electron chi connectivity index (χ4n) is 2.74. The predicted octanol–water partition coefficient (Wildman–Crippen LogP) is 1.80. The first-order valence-electron chi connectivity index (χ1n) is 7.56. The molecular weight excluding hydrogens is 310 g/mol. The van der Waals surface area contributed by atoms with Crippen LogP contribution in [0.1, 0.15) is 26.3 Å². The Balaban J connectivity index is 1.60. The van der Waals surface area contributed by atoms with Gasteiger partial charge in [-0.25, -0.2) is 0 Å². The highest BCUT2D eigenvalue weighted by atomic mass is 32.1. The highest BCUT2D eigenvalue weighted by Gasteiger charge is 2.22. The van der Waals surface area contributed by atoms with Crippen LogP contribution in [-0.2, 0) is 6.54 Å². The lowest BCUT2D eigenvalue weighted by Crippen LogP contribution is -2.48. The fraction of sp³-hybridized carbons (Fsp3) is 0.294. The summed E-state index contributed by atoms with van der Waals surface area (Å²) in [5.41, 5.74) is 7.49. The Labute approximate surface area is 139 Å². The summed E-state index contributed by atoms with van der Waals surface area (Å²) < 4.78 is 0. The summed E-state index contributed by atoms with van der Waals surface area (Å²) in [6.07, 6.45) is 0. The molecule has 0 spiro atoms. The molecule has 0 atom stereocenters. The summed E-state index contributed by atoms with van der Waals surface area (Å²) in [5.74, 6) is -0.552. The van der Waals surface area contributed by atoms with Gasteiger partial charge in [-0.2, -0.15) is 11.3 Å². The minimum atomic E-state index is -0.514. The van der Waals surface area contributed by atoms with Crippen molar-refractivity contribution in [1.29, 1.82) is 0 Å². The average Bonchev–Trinajstić information content (AvgIpc) is 3.08. The van der Waals surface area contributed by atoms with Crippen LogP contribution in [0.4, 0.5) is 0 Å². The molecule has 0 aliphatic carbocycles. The number of hydrogen-bond donors (Lipinski definition) is 1. The molecule has 1 fully saturated rings. The number of nitrogens with two attached hydrogens (primary N) is 1. The van der Waals surface area contributed by atoms with Gasteiger partial charge < -0.3 is 10.6 Å². The molecule has 2 aromatic rings. The van der Waals surface area contributed by atoms with Gasteiger partial charge in [0.2, 0.25) is 5.91 Å². The van der Waals surface area contributed by atoms with Crippen LogP contribution in [0.2, 0.25) is 0 Å². The zero-order chi connectivity index (χ0) is 16.2. The summed E-state index contributed by atoms with van der Waals surface area (Å²) in [7, 11) is 0. The number of rotatable bonds is 4. The lowest BCUT2D eigenvalue weighted by Gasteiger charge is -2.34. The second-order valence-corrected chi connectivity index (χ2v) is 6.43. The van der Waals surface area contributed by atoms with Crippen molar-refractivity contribution in [3.63, 3.8) is 0 Å². The first-order chi connectivity index (χ1) is 11.1. The van der Waals surface area contributed by atoms with E-state index in [0.717, 1.165) is 19.6 Å². The standard InChI is InChI=1S/C17H19N3O2S/c18-16(21)14-2-1-3-15(10-14)17(22)20-7-5-19(6-8-20)11-13-4-9-23-12-13/h1-4,9-10,12H,5-8,11H2,(H2,18,21). The number of nitrogens with zero attached hydrogens (tertiary/aromatic N) is 2. The maximum atomic E-state index is 12.6. The number of piperazine rings is 1. The largest absolute Gasteiger partial charge is 0.366 e. The van der Waals surface area contributed by atoms with Gasteiger partial charge >= 0.3 is 0 Å². The first kappa shape index (κ1) is 15.7. The molecule has 23 heavy (non-hydrogen) atoms. The molecule has 0 bridgehead atoms. The van der Waals surface area contributed by atoms with Gasteiger partial charge in [-0.1, -0.05) is 6.07 Å². The number of primary amides is 1. The number of carbonyl (C=O) groups excluding carboxylic acids is 2. The van der Waals surface area contributed by atoms with E-state index in [-0.39, 0.29) is 5.91 Å². The lowest BCUT2D eigenvalue weighted by atomic mass is 10.1. The molecule has 3 rings (SSSR count). The second kappa shape index (κ2) is 6.93. The van der Waals surface area contributed by atoms with Crippen LogP contribution in [0, 0.1) is 0 Å². The quantitative estimate of drug-likeness (QED) is 0.930. The molecule has 1 aliphatic heterocycles. The van der Waals surface area contributed by atoms with Crippen LogP contribution in [0.25, 0.3) is 0 Å². The van der Waals surface area contributed by atoms with E-state index < -0.39 is 5.91 Å².